The van der Waals surface area contributed by atoms with Crippen molar-refractivity contribution in [3.63, 3.8) is 0 Å². The molecule has 3 aromatic rings. The Morgan fingerprint density at radius 1 is 1.08 bits per heavy atom. The summed E-state index contributed by atoms with van der Waals surface area (Å²) in [5.74, 6) is 0.242. The van der Waals surface area contributed by atoms with Gasteiger partial charge >= 0.3 is 5.97 Å². The third-order valence-corrected chi connectivity index (χ3v) is 6.94. The summed E-state index contributed by atoms with van der Waals surface area (Å²) >= 11 is 4.34. The average molecular weight is 582 g/mol. The lowest BCUT2D eigenvalue weighted by atomic mass is 10.1. The van der Waals surface area contributed by atoms with E-state index in [4.69, 9.17) is 14.2 Å². The Balaban J connectivity index is 1.57. The van der Waals surface area contributed by atoms with Crippen LogP contribution in [0.3, 0.4) is 0 Å². The van der Waals surface area contributed by atoms with Gasteiger partial charge < -0.3 is 14.2 Å². The van der Waals surface area contributed by atoms with Crippen LogP contribution in [0.2, 0.25) is 0 Å². The molecule has 0 aliphatic carbocycles. The van der Waals surface area contributed by atoms with Crippen molar-refractivity contribution in [2.45, 2.75) is 20.4 Å². The number of imide groups is 1. The quantitative estimate of drug-likeness (QED) is 0.168. The van der Waals surface area contributed by atoms with E-state index >= 15 is 0 Å². The second-order valence-corrected chi connectivity index (χ2v) is 9.99. The van der Waals surface area contributed by atoms with Gasteiger partial charge in [0.15, 0.2) is 11.5 Å². The molecule has 0 bridgehead atoms. The van der Waals surface area contributed by atoms with Gasteiger partial charge in [-0.15, -0.1) is 0 Å². The Morgan fingerprint density at radius 3 is 2.51 bits per heavy atom. The molecule has 1 saturated heterocycles. The van der Waals surface area contributed by atoms with Crippen LogP contribution in [0.5, 0.6) is 17.2 Å². The highest BCUT2D eigenvalue weighted by Gasteiger charge is 2.35. The molecule has 1 aliphatic rings. The van der Waals surface area contributed by atoms with E-state index in [1.807, 2.05) is 38.1 Å². The molecule has 4 rings (SSSR count). The zero-order chi connectivity index (χ0) is 26.5. The first kappa shape index (κ1) is 26.5. The summed E-state index contributed by atoms with van der Waals surface area (Å²) in [4.78, 5) is 39.9. The molecule has 37 heavy (non-hydrogen) atoms. The van der Waals surface area contributed by atoms with E-state index in [0.717, 1.165) is 22.9 Å². The summed E-state index contributed by atoms with van der Waals surface area (Å²) in [6, 6.07) is 17.6. The molecule has 0 N–H and O–H groups in total. The number of amides is 2. The van der Waals surface area contributed by atoms with Crippen molar-refractivity contribution in [1.29, 1.82) is 0 Å². The summed E-state index contributed by atoms with van der Waals surface area (Å²) in [6.45, 7) is 4.31. The number of ether oxygens (including phenoxy) is 3. The minimum atomic E-state index is -0.561. The maximum absolute atomic E-state index is 13.0. The first-order chi connectivity index (χ1) is 17.8. The fraction of sp³-hybridized carbons (Fsp3) is 0.179. The van der Waals surface area contributed by atoms with Crippen molar-refractivity contribution in [2.75, 3.05) is 13.7 Å². The average Bonchev–Trinajstić information content (AvgIpc) is 3.13. The van der Waals surface area contributed by atoms with Gasteiger partial charge in [0.2, 0.25) is 0 Å². The molecule has 1 heterocycles. The van der Waals surface area contributed by atoms with Crippen molar-refractivity contribution in [1.82, 2.24) is 4.90 Å². The Bertz CT molecular complexity index is 1390. The number of thioether (sulfide) groups is 1. The van der Waals surface area contributed by atoms with Gasteiger partial charge in [-0.05, 0) is 95.1 Å². The monoisotopic (exact) mass is 581 g/mol. The number of hydrogen-bond acceptors (Lipinski definition) is 7. The zero-order valence-corrected chi connectivity index (χ0v) is 22.9. The molecule has 0 saturated carbocycles. The fourth-order valence-electron chi connectivity index (χ4n) is 3.69. The van der Waals surface area contributed by atoms with Gasteiger partial charge in [-0.25, -0.2) is 4.79 Å². The van der Waals surface area contributed by atoms with E-state index in [2.05, 4.69) is 15.9 Å². The van der Waals surface area contributed by atoms with E-state index in [9.17, 15) is 14.4 Å². The summed E-state index contributed by atoms with van der Waals surface area (Å²) in [5, 5.41) is -0.327. The molecule has 0 unspecified atom stereocenters. The summed E-state index contributed by atoms with van der Waals surface area (Å²) in [6.07, 6.45) is 1.63. The van der Waals surface area contributed by atoms with E-state index in [-0.39, 0.29) is 23.4 Å². The first-order valence-corrected chi connectivity index (χ1v) is 13.0. The first-order valence-electron chi connectivity index (χ1n) is 11.4. The molecule has 1 aliphatic heterocycles. The minimum absolute atomic E-state index is 0.206. The summed E-state index contributed by atoms with van der Waals surface area (Å²) in [7, 11) is 1.55. The maximum atomic E-state index is 13.0. The summed E-state index contributed by atoms with van der Waals surface area (Å²) in [5.41, 5.74) is 2.90. The molecule has 1 fully saturated rings. The molecule has 0 radical (unpaired) electrons. The predicted molar refractivity (Wildman–Crippen MR) is 146 cm³/mol. The molecule has 0 spiro atoms. The van der Waals surface area contributed by atoms with E-state index in [1.54, 1.807) is 49.6 Å². The number of rotatable bonds is 8. The second kappa shape index (κ2) is 11.7. The number of methoxy groups -OCH3 is 1. The van der Waals surface area contributed by atoms with Crippen molar-refractivity contribution in [3.05, 3.63) is 92.3 Å². The Morgan fingerprint density at radius 2 is 1.84 bits per heavy atom. The second-order valence-electron chi connectivity index (χ2n) is 8.14. The maximum Gasteiger partial charge on any atom is 0.343 e. The molecule has 0 aromatic heterocycles. The number of esters is 1. The number of carbonyl (C=O) groups excluding carboxylic acids is 3. The van der Waals surface area contributed by atoms with Crippen LogP contribution in [0.25, 0.3) is 6.08 Å². The van der Waals surface area contributed by atoms with Gasteiger partial charge in [0.05, 0.1) is 35.2 Å². The number of aryl methyl sites for hydroxylation is 1. The van der Waals surface area contributed by atoms with Crippen molar-refractivity contribution in [3.8, 4) is 17.2 Å². The van der Waals surface area contributed by atoms with Crippen LogP contribution in [-0.4, -0.2) is 35.7 Å². The molecular weight excluding hydrogens is 558 g/mol. The fourth-order valence-corrected chi connectivity index (χ4v) is 5.07. The SMILES string of the molecule is CCOc1cc(/C=C2\SC(=O)N(Cc3cccc(C)c3)C2=O)cc(Br)c1OC(=O)c1ccc(OC)cc1. The van der Waals surface area contributed by atoms with Crippen molar-refractivity contribution in [2.24, 2.45) is 0 Å². The third kappa shape index (κ3) is 6.23. The topological polar surface area (TPSA) is 82.1 Å². The smallest absolute Gasteiger partial charge is 0.343 e. The largest absolute Gasteiger partial charge is 0.497 e. The normalized spacial score (nSPS) is 14.3. The van der Waals surface area contributed by atoms with Crippen LogP contribution in [0.1, 0.15) is 34.0 Å². The summed E-state index contributed by atoms with van der Waals surface area (Å²) < 4.78 is 17.0. The van der Waals surface area contributed by atoms with Crippen molar-refractivity contribution >= 4 is 50.9 Å². The molecule has 9 heteroatoms. The molecule has 190 valence electrons. The Kier molecular flexibility index (Phi) is 8.35. The van der Waals surface area contributed by atoms with Gasteiger partial charge in [-0.3, -0.25) is 14.5 Å². The standard InChI is InChI=1S/C28H24BrNO6S/c1-4-35-23-14-19(13-22(29)25(23)36-27(32)20-8-10-21(34-3)11-9-20)15-24-26(31)30(28(33)37-24)16-18-7-5-6-17(2)12-18/h5-15H,4,16H2,1-3H3/b24-15-. The Hall–Kier alpha value is -3.56. The van der Waals surface area contributed by atoms with E-state index in [1.165, 1.54) is 4.90 Å². The highest BCUT2D eigenvalue weighted by Crippen LogP contribution is 2.40. The molecular formula is C28H24BrNO6S. The number of halogens is 1. The lowest BCUT2D eigenvalue weighted by molar-refractivity contribution is -0.123. The lowest BCUT2D eigenvalue weighted by Crippen LogP contribution is -2.27. The van der Waals surface area contributed by atoms with Crippen LogP contribution < -0.4 is 14.2 Å². The van der Waals surface area contributed by atoms with E-state index in [0.29, 0.717) is 38.6 Å². The third-order valence-electron chi connectivity index (χ3n) is 5.45. The van der Waals surface area contributed by atoms with E-state index < -0.39 is 5.97 Å². The van der Waals surface area contributed by atoms with Crippen LogP contribution in [-0.2, 0) is 11.3 Å². The van der Waals surface area contributed by atoms with Gasteiger partial charge in [-0.1, -0.05) is 29.8 Å². The molecule has 7 nitrogen and oxygen atoms in total. The Labute approximate surface area is 227 Å². The van der Waals surface area contributed by atoms with Crippen LogP contribution in [0.15, 0.2) is 70.0 Å². The number of nitrogens with zero attached hydrogens (tertiary/aromatic N) is 1. The van der Waals surface area contributed by atoms with Crippen LogP contribution in [0, 0.1) is 6.92 Å². The van der Waals surface area contributed by atoms with Gasteiger partial charge in [-0.2, -0.15) is 0 Å². The van der Waals surface area contributed by atoms with Gasteiger partial charge in [0.1, 0.15) is 5.75 Å². The minimum Gasteiger partial charge on any atom is -0.497 e. The van der Waals surface area contributed by atoms with Crippen LogP contribution in [0.4, 0.5) is 4.79 Å². The van der Waals surface area contributed by atoms with Gasteiger partial charge in [0, 0.05) is 0 Å². The van der Waals surface area contributed by atoms with Crippen LogP contribution >= 0.6 is 27.7 Å². The van der Waals surface area contributed by atoms with Gasteiger partial charge in [0.25, 0.3) is 11.1 Å². The van der Waals surface area contributed by atoms with Crippen molar-refractivity contribution < 1.29 is 28.6 Å². The zero-order valence-electron chi connectivity index (χ0n) is 20.4. The lowest BCUT2D eigenvalue weighted by Gasteiger charge is -2.14. The predicted octanol–water partition coefficient (Wildman–Crippen LogP) is 6.62. The number of carbonyl (C=O) groups is 3. The number of hydrogen-bond donors (Lipinski definition) is 0. The molecule has 2 amide bonds. The molecule has 0 atom stereocenters. The number of benzene rings is 3. The highest BCUT2D eigenvalue weighted by atomic mass is 79.9. The molecule has 3 aromatic carbocycles. The highest BCUT2D eigenvalue weighted by molar-refractivity contribution is 9.10.